The fourth-order valence-corrected chi connectivity index (χ4v) is 3.25. The summed E-state index contributed by atoms with van der Waals surface area (Å²) in [5.74, 6) is 3.23. The quantitative estimate of drug-likeness (QED) is 0.320. The fourth-order valence-electron chi connectivity index (χ4n) is 3.25. The van der Waals surface area contributed by atoms with Crippen molar-refractivity contribution in [3.05, 3.63) is 29.3 Å². The molecule has 0 radical (unpaired) electrons. The van der Waals surface area contributed by atoms with Gasteiger partial charge < -0.3 is 20.3 Å². The van der Waals surface area contributed by atoms with Gasteiger partial charge in [0.15, 0.2) is 5.96 Å². The molecule has 0 aliphatic carbocycles. The average molecular weight is 502 g/mol. The lowest BCUT2D eigenvalue weighted by molar-refractivity contribution is 0.220. The van der Waals surface area contributed by atoms with Crippen molar-refractivity contribution in [3.63, 3.8) is 0 Å². The Bertz CT molecular complexity index is 598. The van der Waals surface area contributed by atoms with E-state index in [2.05, 4.69) is 66.5 Å². The van der Waals surface area contributed by atoms with E-state index in [1.165, 1.54) is 37.1 Å². The summed E-state index contributed by atoms with van der Waals surface area (Å²) in [7, 11) is 4.03. The summed E-state index contributed by atoms with van der Waals surface area (Å²) in [6.45, 7) is 11.4. The molecule has 0 amide bonds. The standard InChI is InChI=1S/C22H38N4O.HI/c1-17(2)10-13-27-21-14-18(3)6-7-20(21)16-25-22(23-4)24-15-19-8-11-26(5)12-9-19;/h6-7,14,17,19H,8-13,15-16H2,1-5H3,(H2,23,24,25);1H. The monoisotopic (exact) mass is 502 g/mol. The van der Waals surface area contributed by atoms with Crippen LogP contribution in [0.1, 0.15) is 44.2 Å². The van der Waals surface area contributed by atoms with Crippen LogP contribution in [0.25, 0.3) is 0 Å². The Morgan fingerprint density at radius 3 is 2.61 bits per heavy atom. The number of ether oxygens (including phenoxy) is 1. The molecule has 1 aliphatic heterocycles. The fraction of sp³-hybridized carbons (Fsp3) is 0.682. The lowest BCUT2D eigenvalue weighted by atomic mass is 9.97. The predicted octanol–water partition coefficient (Wildman–Crippen LogP) is 4.04. The predicted molar refractivity (Wildman–Crippen MR) is 130 cm³/mol. The first kappa shape index (κ1) is 25.0. The molecule has 1 aromatic carbocycles. The number of rotatable bonds is 8. The molecule has 1 saturated heterocycles. The van der Waals surface area contributed by atoms with Gasteiger partial charge in [-0.25, -0.2) is 0 Å². The number of benzene rings is 1. The second-order valence-electron chi connectivity index (χ2n) is 8.20. The summed E-state index contributed by atoms with van der Waals surface area (Å²) in [5, 5.41) is 6.93. The molecule has 0 atom stereocenters. The van der Waals surface area contributed by atoms with Crippen molar-refractivity contribution in [2.75, 3.05) is 40.3 Å². The van der Waals surface area contributed by atoms with Crippen LogP contribution in [0, 0.1) is 18.8 Å². The minimum atomic E-state index is 0. The number of hydrogen-bond donors (Lipinski definition) is 2. The van der Waals surface area contributed by atoms with Crippen molar-refractivity contribution in [1.82, 2.24) is 15.5 Å². The summed E-state index contributed by atoms with van der Waals surface area (Å²) < 4.78 is 6.06. The van der Waals surface area contributed by atoms with Gasteiger partial charge in [0.05, 0.1) is 6.61 Å². The molecule has 1 aromatic rings. The molecule has 1 fully saturated rings. The molecule has 2 rings (SSSR count). The van der Waals surface area contributed by atoms with Gasteiger partial charge in [-0.15, -0.1) is 24.0 Å². The number of likely N-dealkylation sites (tertiary alicyclic amines) is 1. The van der Waals surface area contributed by atoms with Crippen LogP contribution in [0.3, 0.4) is 0 Å². The SMILES string of the molecule is CN=C(NCc1ccc(C)cc1OCCC(C)C)NCC1CCN(C)CC1.I. The number of guanidine groups is 1. The molecule has 5 nitrogen and oxygen atoms in total. The molecule has 6 heteroatoms. The molecular formula is C22H39IN4O. The first-order valence-electron chi connectivity index (χ1n) is 10.3. The highest BCUT2D eigenvalue weighted by Gasteiger charge is 2.16. The maximum atomic E-state index is 6.06. The zero-order valence-corrected chi connectivity index (χ0v) is 20.6. The van der Waals surface area contributed by atoms with Gasteiger partial charge in [0.25, 0.3) is 0 Å². The number of nitrogens with one attached hydrogen (secondary N) is 2. The molecule has 1 aliphatic rings. The topological polar surface area (TPSA) is 48.9 Å². The smallest absolute Gasteiger partial charge is 0.191 e. The maximum absolute atomic E-state index is 6.06. The van der Waals surface area contributed by atoms with Crippen LogP contribution in [0.2, 0.25) is 0 Å². The average Bonchev–Trinajstić information content (AvgIpc) is 2.64. The largest absolute Gasteiger partial charge is 0.493 e. The molecule has 1 heterocycles. The number of hydrogen-bond acceptors (Lipinski definition) is 3. The third kappa shape index (κ3) is 8.99. The van der Waals surface area contributed by atoms with Crippen molar-refractivity contribution in [2.24, 2.45) is 16.8 Å². The van der Waals surface area contributed by atoms with Gasteiger partial charge in [0.2, 0.25) is 0 Å². The van der Waals surface area contributed by atoms with Crippen LogP contribution in [-0.2, 0) is 6.54 Å². The Kier molecular flexibility index (Phi) is 11.8. The van der Waals surface area contributed by atoms with E-state index in [0.717, 1.165) is 37.2 Å². The maximum Gasteiger partial charge on any atom is 0.191 e. The molecule has 2 N–H and O–H groups in total. The first-order chi connectivity index (χ1) is 13.0. The van der Waals surface area contributed by atoms with Gasteiger partial charge in [0.1, 0.15) is 5.75 Å². The van der Waals surface area contributed by atoms with E-state index in [0.29, 0.717) is 12.5 Å². The highest BCUT2D eigenvalue weighted by Crippen LogP contribution is 2.21. The second-order valence-corrected chi connectivity index (χ2v) is 8.20. The zero-order chi connectivity index (χ0) is 19.6. The van der Waals surface area contributed by atoms with E-state index < -0.39 is 0 Å². The summed E-state index contributed by atoms with van der Waals surface area (Å²) in [6.07, 6.45) is 3.58. The van der Waals surface area contributed by atoms with Gasteiger partial charge in [0, 0.05) is 25.7 Å². The Hall–Kier alpha value is -1.02. The van der Waals surface area contributed by atoms with Crippen LogP contribution in [0.15, 0.2) is 23.2 Å². The van der Waals surface area contributed by atoms with E-state index in [1.54, 1.807) is 0 Å². The molecule has 0 aromatic heterocycles. The second kappa shape index (κ2) is 13.2. The highest BCUT2D eigenvalue weighted by atomic mass is 127. The zero-order valence-electron chi connectivity index (χ0n) is 18.3. The number of aryl methyl sites for hydroxylation is 1. The van der Waals surface area contributed by atoms with Crippen molar-refractivity contribution < 1.29 is 4.74 Å². The van der Waals surface area contributed by atoms with E-state index >= 15 is 0 Å². The van der Waals surface area contributed by atoms with Gasteiger partial charge in [-0.1, -0.05) is 26.0 Å². The van der Waals surface area contributed by atoms with E-state index in [9.17, 15) is 0 Å². The van der Waals surface area contributed by atoms with Gasteiger partial charge in [-0.3, -0.25) is 4.99 Å². The number of aliphatic imine (C=N–C) groups is 1. The molecular weight excluding hydrogens is 463 g/mol. The minimum Gasteiger partial charge on any atom is -0.493 e. The Morgan fingerprint density at radius 1 is 1.25 bits per heavy atom. The van der Waals surface area contributed by atoms with Crippen molar-refractivity contribution >= 4 is 29.9 Å². The molecule has 0 saturated carbocycles. The summed E-state index contributed by atoms with van der Waals surface area (Å²) in [5.41, 5.74) is 2.40. The van der Waals surface area contributed by atoms with Gasteiger partial charge in [-0.2, -0.15) is 0 Å². The third-order valence-electron chi connectivity index (χ3n) is 5.24. The first-order valence-corrected chi connectivity index (χ1v) is 10.3. The van der Waals surface area contributed by atoms with Crippen LogP contribution in [0.5, 0.6) is 5.75 Å². The number of halogens is 1. The van der Waals surface area contributed by atoms with E-state index in [1.807, 2.05) is 7.05 Å². The minimum absolute atomic E-state index is 0. The summed E-state index contributed by atoms with van der Waals surface area (Å²) >= 11 is 0. The summed E-state index contributed by atoms with van der Waals surface area (Å²) in [4.78, 5) is 6.78. The lowest BCUT2D eigenvalue weighted by Gasteiger charge is -2.29. The molecule has 0 unspecified atom stereocenters. The lowest BCUT2D eigenvalue weighted by Crippen LogP contribution is -2.42. The van der Waals surface area contributed by atoms with Crippen molar-refractivity contribution in [1.29, 1.82) is 0 Å². The van der Waals surface area contributed by atoms with Crippen LogP contribution in [0.4, 0.5) is 0 Å². The van der Waals surface area contributed by atoms with Gasteiger partial charge in [-0.05, 0) is 69.8 Å². The van der Waals surface area contributed by atoms with Crippen molar-refractivity contribution in [3.8, 4) is 5.75 Å². The summed E-state index contributed by atoms with van der Waals surface area (Å²) in [6, 6.07) is 6.42. The van der Waals surface area contributed by atoms with E-state index in [-0.39, 0.29) is 24.0 Å². The number of nitrogens with zero attached hydrogens (tertiary/aromatic N) is 2. The molecule has 0 spiro atoms. The van der Waals surface area contributed by atoms with Crippen LogP contribution >= 0.6 is 24.0 Å². The Morgan fingerprint density at radius 2 is 1.96 bits per heavy atom. The van der Waals surface area contributed by atoms with Crippen LogP contribution < -0.4 is 15.4 Å². The van der Waals surface area contributed by atoms with Crippen molar-refractivity contribution in [2.45, 2.75) is 46.6 Å². The van der Waals surface area contributed by atoms with Crippen LogP contribution in [-0.4, -0.2) is 51.2 Å². The normalized spacial score (nSPS) is 16.0. The molecule has 160 valence electrons. The highest BCUT2D eigenvalue weighted by molar-refractivity contribution is 14.0. The Balaban J connectivity index is 0.00000392. The number of piperidine rings is 1. The van der Waals surface area contributed by atoms with Gasteiger partial charge >= 0.3 is 0 Å². The Labute approximate surface area is 188 Å². The molecule has 0 bridgehead atoms. The molecule has 28 heavy (non-hydrogen) atoms. The third-order valence-corrected chi connectivity index (χ3v) is 5.24. The van der Waals surface area contributed by atoms with E-state index in [4.69, 9.17) is 4.74 Å².